The van der Waals surface area contributed by atoms with E-state index >= 15 is 0 Å². The zero-order valence-corrected chi connectivity index (χ0v) is 10.7. The summed E-state index contributed by atoms with van der Waals surface area (Å²) in [5, 5.41) is 13.9. The van der Waals surface area contributed by atoms with Gasteiger partial charge in [0.1, 0.15) is 5.82 Å². The molecule has 0 aliphatic heterocycles. The van der Waals surface area contributed by atoms with E-state index in [1.54, 1.807) is 13.0 Å². The minimum absolute atomic E-state index is 0.0116. The van der Waals surface area contributed by atoms with Crippen LogP contribution >= 0.6 is 0 Å². The van der Waals surface area contributed by atoms with Gasteiger partial charge in [-0.25, -0.2) is 9.18 Å². The Labute approximate surface area is 106 Å². The van der Waals surface area contributed by atoms with Crippen molar-refractivity contribution in [3.8, 4) is 0 Å². The number of carbonyl (C=O) groups is 1. The number of halogens is 1. The quantitative estimate of drug-likeness (QED) is 0.755. The van der Waals surface area contributed by atoms with Crippen molar-refractivity contribution >= 4 is 11.7 Å². The van der Waals surface area contributed by atoms with E-state index in [1.165, 1.54) is 12.1 Å². The van der Waals surface area contributed by atoms with Crippen molar-refractivity contribution < 1.29 is 14.3 Å². The fourth-order valence-electron chi connectivity index (χ4n) is 1.60. The Bertz CT molecular complexity index is 410. The number of aryl methyl sites for hydroxylation is 1. The van der Waals surface area contributed by atoms with E-state index in [2.05, 4.69) is 10.6 Å². The first-order chi connectivity index (χ1) is 8.56. The smallest absolute Gasteiger partial charge is 0.319 e. The molecule has 0 radical (unpaired) electrons. The molecule has 0 bridgehead atoms. The second-order valence-corrected chi connectivity index (χ2v) is 4.20. The lowest BCUT2D eigenvalue weighted by molar-refractivity contribution is 0.237. The molecule has 100 valence electrons. The van der Waals surface area contributed by atoms with Crippen LogP contribution in [0.3, 0.4) is 0 Å². The summed E-state index contributed by atoms with van der Waals surface area (Å²) < 4.78 is 13.5. The lowest BCUT2D eigenvalue weighted by atomic mass is 10.1. The second-order valence-electron chi connectivity index (χ2n) is 4.20. The van der Waals surface area contributed by atoms with Crippen LogP contribution in [0.5, 0.6) is 0 Å². The molecule has 0 saturated heterocycles. The molecule has 0 heterocycles. The average Bonchev–Trinajstić information content (AvgIpc) is 2.32. The Morgan fingerprint density at radius 2 is 2.22 bits per heavy atom. The Kier molecular flexibility index (Phi) is 5.58. The highest BCUT2D eigenvalue weighted by atomic mass is 19.1. The maximum Gasteiger partial charge on any atom is 0.319 e. The third-order valence-electron chi connectivity index (χ3n) is 2.68. The molecule has 2 amide bonds. The highest BCUT2D eigenvalue weighted by Gasteiger charge is 2.11. The fourth-order valence-corrected chi connectivity index (χ4v) is 1.60. The van der Waals surface area contributed by atoms with Crippen LogP contribution in [-0.4, -0.2) is 23.8 Å². The van der Waals surface area contributed by atoms with Crippen molar-refractivity contribution in [3.63, 3.8) is 0 Å². The highest BCUT2D eigenvalue weighted by molar-refractivity contribution is 5.89. The number of urea groups is 1. The normalized spacial score (nSPS) is 12.0. The molecule has 5 heteroatoms. The van der Waals surface area contributed by atoms with E-state index in [4.69, 9.17) is 5.11 Å². The number of nitrogens with one attached hydrogen (secondary N) is 2. The third-order valence-corrected chi connectivity index (χ3v) is 2.68. The van der Waals surface area contributed by atoms with E-state index in [1.807, 2.05) is 6.92 Å². The van der Waals surface area contributed by atoms with Gasteiger partial charge in [0.2, 0.25) is 0 Å². The molecule has 0 spiro atoms. The largest absolute Gasteiger partial charge is 0.396 e. The van der Waals surface area contributed by atoms with Crippen LogP contribution in [0.2, 0.25) is 0 Å². The van der Waals surface area contributed by atoms with Gasteiger partial charge in [-0.3, -0.25) is 0 Å². The number of hydrogen-bond acceptors (Lipinski definition) is 2. The molecular weight excluding hydrogens is 235 g/mol. The lowest BCUT2D eigenvalue weighted by Gasteiger charge is -2.16. The molecular formula is C13H19FN2O2. The first-order valence-electron chi connectivity index (χ1n) is 6.01. The van der Waals surface area contributed by atoms with Crippen LogP contribution in [0.25, 0.3) is 0 Å². The van der Waals surface area contributed by atoms with Gasteiger partial charge in [-0.15, -0.1) is 0 Å². The lowest BCUT2D eigenvalue weighted by Crippen LogP contribution is -2.38. The number of hydrogen-bond donors (Lipinski definition) is 3. The second kappa shape index (κ2) is 6.96. The monoisotopic (exact) mass is 254 g/mol. The zero-order valence-electron chi connectivity index (χ0n) is 10.7. The van der Waals surface area contributed by atoms with Crippen LogP contribution in [0.1, 0.15) is 25.3 Å². The number of anilines is 1. The molecule has 1 aromatic carbocycles. The summed E-state index contributed by atoms with van der Waals surface area (Å²) in [5.41, 5.74) is 0.946. The molecule has 1 atom stereocenters. The Morgan fingerprint density at radius 1 is 1.50 bits per heavy atom. The summed E-state index contributed by atoms with van der Waals surface area (Å²) in [4.78, 5) is 11.6. The molecule has 1 unspecified atom stereocenters. The Hall–Kier alpha value is -1.62. The average molecular weight is 254 g/mol. The maximum atomic E-state index is 13.5. The van der Waals surface area contributed by atoms with Crippen LogP contribution in [0.15, 0.2) is 18.2 Å². The molecule has 1 aromatic rings. The summed E-state index contributed by atoms with van der Waals surface area (Å²) in [6.07, 6.45) is 1.20. The molecule has 0 aromatic heterocycles. The van der Waals surface area contributed by atoms with Crippen LogP contribution in [0.4, 0.5) is 14.9 Å². The number of rotatable bonds is 5. The summed E-state index contributed by atoms with van der Waals surface area (Å²) in [6.45, 7) is 3.70. The van der Waals surface area contributed by atoms with Gasteiger partial charge in [-0.1, -0.05) is 13.0 Å². The van der Waals surface area contributed by atoms with E-state index < -0.39 is 11.8 Å². The zero-order chi connectivity index (χ0) is 13.5. The van der Waals surface area contributed by atoms with Crippen molar-refractivity contribution in [1.29, 1.82) is 0 Å². The van der Waals surface area contributed by atoms with Crippen LogP contribution in [-0.2, 0) is 0 Å². The minimum Gasteiger partial charge on any atom is -0.396 e. The van der Waals surface area contributed by atoms with Gasteiger partial charge in [0.25, 0.3) is 0 Å². The summed E-state index contributed by atoms with van der Waals surface area (Å²) in [7, 11) is 0. The number of aliphatic hydroxyl groups excluding tert-OH is 1. The van der Waals surface area contributed by atoms with Crippen molar-refractivity contribution in [2.24, 2.45) is 0 Å². The molecule has 0 aliphatic rings. The molecule has 0 aliphatic carbocycles. The van der Waals surface area contributed by atoms with E-state index in [9.17, 15) is 9.18 Å². The van der Waals surface area contributed by atoms with Crippen molar-refractivity contribution in [2.45, 2.75) is 32.7 Å². The van der Waals surface area contributed by atoms with Crippen LogP contribution in [0, 0.1) is 12.7 Å². The van der Waals surface area contributed by atoms with Crippen LogP contribution < -0.4 is 10.6 Å². The topological polar surface area (TPSA) is 61.4 Å². The summed E-state index contributed by atoms with van der Waals surface area (Å²) >= 11 is 0. The summed E-state index contributed by atoms with van der Waals surface area (Å²) in [5.74, 6) is -0.458. The molecule has 3 N–H and O–H groups in total. The molecule has 0 fully saturated rings. The van der Waals surface area contributed by atoms with Gasteiger partial charge in [0.15, 0.2) is 0 Å². The number of aliphatic hydroxyl groups is 1. The maximum absolute atomic E-state index is 13.5. The Morgan fingerprint density at radius 3 is 2.78 bits per heavy atom. The van der Waals surface area contributed by atoms with Gasteiger partial charge >= 0.3 is 6.03 Å². The molecule has 18 heavy (non-hydrogen) atoms. The fraction of sp³-hybridized carbons (Fsp3) is 0.462. The first-order valence-corrected chi connectivity index (χ1v) is 6.01. The van der Waals surface area contributed by atoms with E-state index in [0.717, 1.165) is 5.56 Å². The van der Waals surface area contributed by atoms with Crippen molar-refractivity contribution in [1.82, 2.24) is 5.32 Å². The number of benzene rings is 1. The standard InChI is InChI=1S/C13H19FN2O2/c1-3-10(6-7-17)15-13(18)16-12-5-4-9(2)8-11(12)14/h4-5,8,10,17H,3,6-7H2,1-2H3,(H2,15,16,18). The third kappa shape index (κ3) is 4.33. The molecule has 1 rings (SSSR count). The van der Waals surface area contributed by atoms with Gasteiger partial charge in [0, 0.05) is 12.6 Å². The van der Waals surface area contributed by atoms with Gasteiger partial charge < -0.3 is 15.7 Å². The Balaban J connectivity index is 2.58. The predicted octanol–water partition coefficient (Wildman–Crippen LogP) is 2.42. The molecule has 0 saturated carbocycles. The van der Waals surface area contributed by atoms with Gasteiger partial charge in [-0.05, 0) is 37.5 Å². The minimum atomic E-state index is -0.460. The SMILES string of the molecule is CCC(CCO)NC(=O)Nc1ccc(C)cc1F. The van der Waals surface area contributed by atoms with Gasteiger partial charge in [-0.2, -0.15) is 0 Å². The predicted molar refractivity (Wildman–Crippen MR) is 69.1 cm³/mol. The number of carbonyl (C=O) groups excluding carboxylic acids is 1. The van der Waals surface area contributed by atoms with Crippen molar-refractivity contribution in [2.75, 3.05) is 11.9 Å². The highest BCUT2D eigenvalue weighted by Crippen LogP contribution is 2.15. The van der Waals surface area contributed by atoms with Crippen molar-refractivity contribution in [3.05, 3.63) is 29.6 Å². The van der Waals surface area contributed by atoms with E-state index in [0.29, 0.717) is 12.8 Å². The summed E-state index contributed by atoms with van der Waals surface area (Å²) in [6, 6.07) is 4.04. The van der Waals surface area contributed by atoms with E-state index in [-0.39, 0.29) is 18.3 Å². The first kappa shape index (κ1) is 14.4. The molecule has 4 nitrogen and oxygen atoms in total. The van der Waals surface area contributed by atoms with Gasteiger partial charge in [0.05, 0.1) is 5.69 Å². The number of amides is 2.